The average Bonchev–Trinajstić information content (AvgIpc) is 2.14. The zero-order chi connectivity index (χ0) is 11.4. The van der Waals surface area contributed by atoms with Crippen molar-refractivity contribution in [3.8, 4) is 0 Å². The van der Waals surface area contributed by atoms with E-state index in [1.165, 1.54) is 19.2 Å². The molecule has 6 nitrogen and oxygen atoms in total. The zero-order valence-corrected chi connectivity index (χ0v) is 8.06. The second-order valence-electron chi connectivity index (χ2n) is 2.83. The Kier molecular flexibility index (Phi) is 3.22. The van der Waals surface area contributed by atoms with Crippen LogP contribution in [0.5, 0.6) is 0 Å². The zero-order valence-electron chi connectivity index (χ0n) is 8.06. The number of hydrogen-bond donors (Lipinski definition) is 2. The fourth-order valence-electron chi connectivity index (χ4n) is 1.09. The van der Waals surface area contributed by atoms with E-state index in [0.29, 0.717) is 0 Å². The molecule has 0 aromatic carbocycles. The number of hydrogen-bond acceptors (Lipinski definition) is 5. The predicted octanol–water partition coefficient (Wildman–Crippen LogP) is 0.0775. The van der Waals surface area contributed by atoms with Gasteiger partial charge in [-0.3, -0.25) is 4.79 Å². The Balaban J connectivity index is 3.04. The molecule has 0 aliphatic rings. The summed E-state index contributed by atoms with van der Waals surface area (Å²) in [7, 11) is 1.23. The Morgan fingerprint density at radius 3 is 2.73 bits per heavy atom. The molecule has 15 heavy (non-hydrogen) atoms. The van der Waals surface area contributed by atoms with Crippen LogP contribution >= 0.6 is 0 Å². The van der Waals surface area contributed by atoms with Gasteiger partial charge in [0.1, 0.15) is 5.82 Å². The summed E-state index contributed by atoms with van der Waals surface area (Å²) in [6.07, 6.45) is -0.283. The van der Waals surface area contributed by atoms with Gasteiger partial charge in [-0.2, -0.15) is 0 Å². The van der Waals surface area contributed by atoms with E-state index in [1.54, 1.807) is 0 Å². The summed E-state index contributed by atoms with van der Waals surface area (Å²) >= 11 is 0. The Morgan fingerprint density at radius 2 is 2.20 bits per heavy atom. The van der Waals surface area contributed by atoms with Crippen molar-refractivity contribution in [1.82, 2.24) is 4.98 Å². The van der Waals surface area contributed by atoms with E-state index in [9.17, 15) is 9.59 Å². The number of nitrogen functional groups attached to an aromatic ring is 1. The fraction of sp³-hybridized carbons (Fsp3) is 0.222. The molecule has 1 aromatic rings. The third-order valence-electron chi connectivity index (χ3n) is 1.65. The van der Waals surface area contributed by atoms with E-state index in [4.69, 9.17) is 10.8 Å². The highest BCUT2D eigenvalue weighted by atomic mass is 16.5. The maximum atomic E-state index is 11.2. The molecule has 0 saturated heterocycles. The van der Waals surface area contributed by atoms with Crippen LogP contribution < -0.4 is 5.73 Å². The second kappa shape index (κ2) is 4.41. The van der Waals surface area contributed by atoms with Crippen molar-refractivity contribution in [3.63, 3.8) is 0 Å². The molecule has 0 saturated carbocycles. The SMILES string of the molecule is COC(=O)c1cc(N)nc(CC(=O)O)c1. The number of aromatic nitrogens is 1. The first-order valence-electron chi connectivity index (χ1n) is 4.09. The van der Waals surface area contributed by atoms with Gasteiger partial charge in [0.2, 0.25) is 0 Å². The van der Waals surface area contributed by atoms with Crippen molar-refractivity contribution in [2.45, 2.75) is 6.42 Å². The lowest BCUT2D eigenvalue weighted by atomic mass is 10.2. The van der Waals surface area contributed by atoms with Gasteiger partial charge in [0, 0.05) is 0 Å². The molecule has 0 aliphatic carbocycles. The van der Waals surface area contributed by atoms with Gasteiger partial charge in [-0.25, -0.2) is 9.78 Å². The highest BCUT2D eigenvalue weighted by molar-refractivity contribution is 5.90. The molecule has 0 fully saturated rings. The Labute approximate surface area is 85.7 Å². The molecular formula is C9H10N2O4. The van der Waals surface area contributed by atoms with Crippen molar-refractivity contribution in [2.75, 3.05) is 12.8 Å². The first-order chi connectivity index (χ1) is 7.02. The highest BCUT2D eigenvalue weighted by Gasteiger charge is 2.10. The summed E-state index contributed by atoms with van der Waals surface area (Å²) in [5, 5.41) is 8.55. The number of carboxylic acid groups (broad SMARTS) is 1. The number of aliphatic carboxylic acids is 1. The highest BCUT2D eigenvalue weighted by Crippen LogP contribution is 2.09. The first kappa shape index (κ1) is 11.0. The van der Waals surface area contributed by atoms with Gasteiger partial charge in [-0.05, 0) is 12.1 Å². The number of nitrogens with two attached hydrogens (primary N) is 1. The normalized spacial score (nSPS) is 9.67. The molecule has 0 spiro atoms. The van der Waals surface area contributed by atoms with Crippen LogP contribution in [0.25, 0.3) is 0 Å². The number of pyridine rings is 1. The predicted molar refractivity (Wildman–Crippen MR) is 51.3 cm³/mol. The average molecular weight is 210 g/mol. The number of carbonyl (C=O) groups is 2. The molecule has 1 aromatic heterocycles. The Morgan fingerprint density at radius 1 is 1.53 bits per heavy atom. The molecular weight excluding hydrogens is 200 g/mol. The summed E-state index contributed by atoms with van der Waals surface area (Å²) < 4.78 is 4.48. The number of carbonyl (C=O) groups excluding carboxylic acids is 1. The maximum absolute atomic E-state index is 11.2. The van der Waals surface area contributed by atoms with Crippen molar-refractivity contribution in [1.29, 1.82) is 0 Å². The fourth-order valence-corrected chi connectivity index (χ4v) is 1.09. The maximum Gasteiger partial charge on any atom is 0.338 e. The van der Waals surface area contributed by atoms with Gasteiger partial charge >= 0.3 is 11.9 Å². The van der Waals surface area contributed by atoms with E-state index in [1.807, 2.05) is 0 Å². The van der Waals surface area contributed by atoms with Gasteiger partial charge < -0.3 is 15.6 Å². The van der Waals surface area contributed by atoms with Crippen LogP contribution in [-0.2, 0) is 16.0 Å². The number of methoxy groups -OCH3 is 1. The Bertz CT molecular complexity index is 403. The Hall–Kier alpha value is -2.11. The molecule has 0 atom stereocenters. The van der Waals surface area contributed by atoms with Gasteiger partial charge in [0.15, 0.2) is 0 Å². The van der Waals surface area contributed by atoms with Crippen LogP contribution in [0, 0.1) is 0 Å². The number of ether oxygens (including phenoxy) is 1. The molecule has 6 heteroatoms. The van der Waals surface area contributed by atoms with Crippen molar-refractivity contribution < 1.29 is 19.4 Å². The second-order valence-corrected chi connectivity index (χ2v) is 2.83. The van der Waals surface area contributed by atoms with Crippen LogP contribution in [-0.4, -0.2) is 29.1 Å². The van der Waals surface area contributed by atoms with Crippen LogP contribution in [0.3, 0.4) is 0 Å². The van der Waals surface area contributed by atoms with Gasteiger partial charge in [-0.15, -0.1) is 0 Å². The largest absolute Gasteiger partial charge is 0.481 e. The number of carboxylic acids is 1. The van der Waals surface area contributed by atoms with Crippen LogP contribution in [0.1, 0.15) is 16.1 Å². The molecule has 1 rings (SSSR count). The van der Waals surface area contributed by atoms with Crippen molar-refractivity contribution >= 4 is 17.8 Å². The summed E-state index contributed by atoms with van der Waals surface area (Å²) in [5.41, 5.74) is 5.84. The first-order valence-corrected chi connectivity index (χ1v) is 4.09. The lowest BCUT2D eigenvalue weighted by Gasteiger charge is -2.03. The minimum atomic E-state index is -1.04. The third kappa shape index (κ3) is 2.94. The molecule has 0 bridgehead atoms. The minimum Gasteiger partial charge on any atom is -0.481 e. The van der Waals surface area contributed by atoms with E-state index in [-0.39, 0.29) is 23.5 Å². The standard InChI is InChI=1S/C9H10N2O4/c1-15-9(14)5-2-6(4-8(12)13)11-7(10)3-5/h2-3H,4H2,1H3,(H2,10,11)(H,12,13). The molecule has 0 unspecified atom stereocenters. The lowest BCUT2D eigenvalue weighted by molar-refractivity contribution is -0.136. The van der Waals surface area contributed by atoms with E-state index < -0.39 is 11.9 Å². The van der Waals surface area contributed by atoms with Gasteiger partial charge in [-0.1, -0.05) is 0 Å². The monoisotopic (exact) mass is 210 g/mol. The smallest absolute Gasteiger partial charge is 0.338 e. The summed E-state index contributed by atoms with van der Waals surface area (Å²) in [5.74, 6) is -1.52. The van der Waals surface area contributed by atoms with Crippen LogP contribution in [0.2, 0.25) is 0 Å². The van der Waals surface area contributed by atoms with Gasteiger partial charge in [0.25, 0.3) is 0 Å². The number of nitrogens with zero attached hydrogens (tertiary/aromatic N) is 1. The number of rotatable bonds is 3. The topological polar surface area (TPSA) is 103 Å². The number of esters is 1. The summed E-state index contributed by atoms with van der Waals surface area (Å²) in [6.45, 7) is 0. The minimum absolute atomic E-state index is 0.0918. The molecule has 3 N–H and O–H groups in total. The third-order valence-corrected chi connectivity index (χ3v) is 1.65. The number of anilines is 1. The van der Waals surface area contributed by atoms with Crippen molar-refractivity contribution in [2.24, 2.45) is 0 Å². The molecule has 0 radical (unpaired) electrons. The van der Waals surface area contributed by atoms with Crippen LogP contribution in [0.4, 0.5) is 5.82 Å². The quantitative estimate of drug-likeness (QED) is 0.685. The molecule has 0 aliphatic heterocycles. The van der Waals surface area contributed by atoms with E-state index in [0.717, 1.165) is 0 Å². The van der Waals surface area contributed by atoms with Crippen molar-refractivity contribution in [3.05, 3.63) is 23.4 Å². The van der Waals surface area contributed by atoms with Crippen LogP contribution in [0.15, 0.2) is 12.1 Å². The van der Waals surface area contributed by atoms with E-state index >= 15 is 0 Å². The molecule has 0 amide bonds. The summed E-state index contributed by atoms with van der Waals surface area (Å²) in [4.78, 5) is 25.4. The van der Waals surface area contributed by atoms with E-state index in [2.05, 4.69) is 9.72 Å². The lowest BCUT2D eigenvalue weighted by Crippen LogP contribution is -2.08. The molecule has 1 heterocycles. The summed E-state index contributed by atoms with van der Waals surface area (Å²) in [6, 6.07) is 2.67. The molecule has 80 valence electrons. The van der Waals surface area contributed by atoms with Gasteiger partial charge in [0.05, 0.1) is 24.8 Å².